The highest BCUT2D eigenvalue weighted by molar-refractivity contribution is 6.40. The fraction of sp³-hybridized carbons (Fsp3) is 0.167. The van der Waals surface area contributed by atoms with Crippen LogP contribution < -0.4 is 5.73 Å². The minimum Gasteiger partial charge on any atom is -0.326 e. The molecule has 0 unspecified atom stereocenters. The Labute approximate surface area is 109 Å². The zero-order valence-electron chi connectivity index (χ0n) is 9.13. The Hall–Kier alpha value is -1.16. The van der Waals surface area contributed by atoms with Gasteiger partial charge in [-0.3, -0.25) is 4.79 Å². The molecule has 1 aromatic rings. The van der Waals surface area contributed by atoms with Crippen LogP contribution in [0.15, 0.2) is 28.8 Å². The summed E-state index contributed by atoms with van der Waals surface area (Å²) in [5, 5.41) is 0.952. The summed E-state index contributed by atoms with van der Waals surface area (Å²) in [5.74, 6) is -0.299. The molecule has 0 bridgehead atoms. The van der Waals surface area contributed by atoms with Crippen LogP contribution >= 0.6 is 23.2 Å². The molecule has 0 radical (unpaired) electrons. The summed E-state index contributed by atoms with van der Waals surface area (Å²) in [5.41, 5.74) is 8.13. The van der Waals surface area contributed by atoms with Crippen molar-refractivity contribution in [3.63, 3.8) is 0 Å². The molecule has 3 nitrogen and oxygen atoms in total. The van der Waals surface area contributed by atoms with E-state index in [0.717, 1.165) is 5.57 Å². The van der Waals surface area contributed by atoms with Gasteiger partial charge in [0.2, 0.25) is 0 Å². The van der Waals surface area contributed by atoms with Crippen molar-refractivity contribution >= 4 is 40.4 Å². The van der Waals surface area contributed by atoms with Crippen LogP contribution in [0.2, 0.25) is 10.0 Å². The number of benzene rings is 1. The van der Waals surface area contributed by atoms with Gasteiger partial charge in [-0.25, -0.2) is 4.99 Å². The van der Waals surface area contributed by atoms with Gasteiger partial charge in [-0.1, -0.05) is 29.3 Å². The van der Waals surface area contributed by atoms with Crippen molar-refractivity contribution in [3.8, 4) is 0 Å². The van der Waals surface area contributed by atoms with E-state index in [-0.39, 0.29) is 12.5 Å². The smallest absolute Gasteiger partial charge is 0.278 e. The van der Waals surface area contributed by atoms with Crippen molar-refractivity contribution in [1.29, 1.82) is 0 Å². The maximum atomic E-state index is 11.8. The van der Waals surface area contributed by atoms with Gasteiger partial charge in [-0.2, -0.15) is 0 Å². The van der Waals surface area contributed by atoms with E-state index >= 15 is 0 Å². The first-order valence-electron chi connectivity index (χ1n) is 5.03. The molecule has 0 saturated carbocycles. The number of rotatable bonds is 2. The van der Waals surface area contributed by atoms with E-state index in [2.05, 4.69) is 4.99 Å². The lowest BCUT2D eigenvalue weighted by atomic mass is 9.99. The fourth-order valence-corrected chi connectivity index (χ4v) is 2.31. The van der Waals surface area contributed by atoms with Crippen LogP contribution in [0.25, 0.3) is 5.57 Å². The third kappa shape index (κ3) is 2.14. The van der Waals surface area contributed by atoms with E-state index in [1.807, 2.05) is 0 Å². The number of nitrogens with two attached hydrogens (primary N) is 1. The quantitative estimate of drug-likeness (QED) is 0.897. The average Bonchev–Trinajstić information content (AvgIpc) is 2.53. The summed E-state index contributed by atoms with van der Waals surface area (Å²) < 4.78 is 0. The fourth-order valence-electron chi connectivity index (χ4n) is 1.81. The van der Waals surface area contributed by atoms with E-state index < -0.39 is 0 Å². The second-order valence-corrected chi connectivity index (χ2v) is 4.53. The van der Waals surface area contributed by atoms with Crippen molar-refractivity contribution < 1.29 is 4.79 Å². The maximum Gasteiger partial charge on any atom is 0.278 e. The highest BCUT2D eigenvalue weighted by atomic mass is 35.5. The lowest BCUT2D eigenvalue weighted by Crippen LogP contribution is -2.10. The Balaban J connectivity index is 2.61. The molecule has 0 aliphatic carbocycles. The first-order chi connectivity index (χ1) is 8.04. The molecule has 88 valence electrons. The molecular formula is C12H10Cl2N2O. The predicted molar refractivity (Wildman–Crippen MR) is 70.6 cm³/mol. The summed E-state index contributed by atoms with van der Waals surface area (Å²) in [4.78, 5) is 15.7. The van der Waals surface area contributed by atoms with E-state index in [1.54, 1.807) is 25.1 Å². The number of aliphatic imine (C=N–C) groups is 1. The molecule has 1 aromatic carbocycles. The second-order valence-electron chi connectivity index (χ2n) is 3.68. The van der Waals surface area contributed by atoms with E-state index in [1.165, 1.54) is 0 Å². The van der Waals surface area contributed by atoms with E-state index in [0.29, 0.717) is 26.9 Å². The van der Waals surface area contributed by atoms with Crippen molar-refractivity contribution in [3.05, 3.63) is 39.4 Å². The molecule has 1 amide bonds. The number of carbonyl (C=O) groups excluding carboxylic acids is 1. The molecule has 0 aromatic heterocycles. The van der Waals surface area contributed by atoms with Gasteiger partial charge in [0, 0.05) is 28.4 Å². The Morgan fingerprint density at radius 3 is 2.65 bits per heavy atom. The third-order valence-corrected chi connectivity index (χ3v) is 3.17. The average molecular weight is 269 g/mol. The van der Waals surface area contributed by atoms with Gasteiger partial charge in [-0.05, 0) is 19.1 Å². The van der Waals surface area contributed by atoms with Crippen LogP contribution in [0.3, 0.4) is 0 Å². The Morgan fingerprint density at radius 1 is 1.35 bits per heavy atom. The third-order valence-electron chi connectivity index (χ3n) is 2.63. The van der Waals surface area contributed by atoms with Crippen molar-refractivity contribution in [2.45, 2.75) is 6.92 Å². The number of hydrogen-bond acceptors (Lipinski definition) is 2. The predicted octanol–water partition coefficient (Wildman–Crippen LogP) is 2.71. The molecule has 1 aliphatic heterocycles. The molecule has 2 rings (SSSR count). The first-order valence-corrected chi connectivity index (χ1v) is 5.79. The molecule has 2 N–H and O–H groups in total. The van der Waals surface area contributed by atoms with Crippen LogP contribution in [0, 0.1) is 0 Å². The van der Waals surface area contributed by atoms with Crippen molar-refractivity contribution in [2.24, 2.45) is 10.7 Å². The summed E-state index contributed by atoms with van der Waals surface area (Å²) >= 11 is 11.9. The largest absolute Gasteiger partial charge is 0.326 e. The molecule has 0 spiro atoms. The van der Waals surface area contributed by atoms with Gasteiger partial charge in [0.25, 0.3) is 5.91 Å². The lowest BCUT2D eigenvalue weighted by molar-refractivity contribution is -0.112. The van der Waals surface area contributed by atoms with Gasteiger partial charge in [0.05, 0.1) is 10.6 Å². The molecule has 0 atom stereocenters. The van der Waals surface area contributed by atoms with Gasteiger partial charge in [0.15, 0.2) is 0 Å². The highest BCUT2D eigenvalue weighted by Crippen LogP contribution is 2.32. The molecule has 1 heterocycles. The number of hydrogen-bond donors (Lipinski definition) is 1. The molecule has 17 heavy (non-hydrogen) atoms. The standard InChI is InChI=1S/C12H10Cl2N2O/c1-6-9(5-15)11(12(17)16-6)8-3-2-7(13)4-10(8)14/h2-4H,5,15H2,1H3. The maximum absolute atomic E-state index is 11.8. The van der Waals surface area contributed by atoms with Gasteiger partial charge in [0.1, 0.15) is 0 Å². The first kappa shape index (κ1) is 12.3. The number of nitrogens with zero attached hydrogens (tertiary/aromatic N) is 1. The minimum absolute atomic E-state index is 0.259. The highest BCUT2D eigenvalue weighted by Gasteiger charge is 2.25. The van der Waals surface area contributed by atoms with Crippen molar-refractivity contribution in [1.82, 2.24) is 0 Å². The Morgan fingerprint density at radius 2 is 2.06 bits per heavy atom. The molecule has 1 aliphatic rings. The summed E-state index contributed by atoms with van der Waals surface area (Å²) in [6.45, 7) is 2.02. The van der Waals surface area contributed by atoms with Crippen LogP contribution in [-0.4, -0.2) is 18.2 Å². The normalized spacial score (nSPS) is 15.5. The van der Waals surface area contributed by atoms with Crippen LogP contribution in [0.4, 0.5) is 0 Å². The zero-order chi connectivity index (χ0) is 12.6. The van der Waals surface area contributed by atoms with Crippen molar-refractivity contribution in [2.75, 3.05) is 6.54 Å². The summed E-state index contributed by atoms with van der Waals surface area (Å²) in [7, 11) is 0. The molecule has 5 heteroatoms. The van der Waals surface area contributed by atoms with E-state index in [4.69, 9.17) is 28.9 Å². The molecule has 0 fully saturated rings. The summed E-state index contributed by atoms with van der Waals surface area (Å²) in [6, 6.07) is 4.99. The Bertz CT molecular complexity index is 562. The minimum atomic E-state index is -0.299. The molecule has 0 saturated heterocycles. The van der Waals surface area contributed by atoms with Crippen LogP contribution in [0.1, 0.15) is 12.5 Å². The number of halogens is 2. The van der Waals surface area contributed by atoms with Gasteiger partial charge in [-0.15, -0.1) is 0 Å². The monoisotopic (exact) mass is 268 g/mol. The lowest BCUT2D eigenvalue weighted by Gasteiger charge is -2.07. The van der Waals surface area contributed by atoms with Crippen LogP contribution in [-0.2, 0) is 4.79 Å². The topological polar surface area (TPSA) is 55.5 Å². The van der Waals surface area contributed by atoms with Gasteiger partial charge >= 0.3 is 0 Å². The zero-order valence-corrected chi connectivity index (χ0v) is 10.6. The summed E-state index contributed by atoms with van der Waals surface area (Å²) in [6.07, 6.45) is 0. The molecular weight excluding hydrogens is 259 g/mol. The number of amides is 1. The SMILES string of the molecule is CC1=NC(=O)C(c2ccc(Cl)cc2Cl)=C1CN. The van der Waals surface area contributed by atoms with E-state index in [9.17, 15) is 4.79 Å². The van der Waals surface area contributed by atoms with Crippen LogP contribution in [0.5, 0.6) is 0 Å². The second kappa shape index (κ2) is 4.61. The van der Waals surface area contributed by atoms with Gasteiger partial charge < -0.3 is 5.73 Å². The number of carbonyl (C=O) groups is 1. The Kier molecular flexibility index (Phi) is 3.33.